The van der Waals surface area contributed by atoms with Crippen LogP contribution in [-0.2, 0) is 20.7 Å². The molecular formula is C28H31NO10. The Bertz CT molecular complexity index is 1420. The summed E-state index contributed by atoms with van der Waals surface area (Å²) in [4.78, 5) is 39.7. The minimum atomic E-state index is -2.01. The van der Waals surface area contributed by atoms with Gasteiger partial charge >= 0.3 is 0 Å². The average molecular weight is 542 g/mol. The van der Waals surface area contributed by atoms with Gasteiger partial charge in [-0.3, -0.25) is 14.4 Å². The molecule has 1 fully saturated rings. The molecule has 0 unspecified atom stereocenters. The Balaban J connectivity index is 1.68. The van der Waals surface area contributed by atoms with E-state index in [2.05, 4.69) is 0 Å². The molecule has 1 aliphatic heterocycles. The molecule has 6 atom stereocenters. The maximum atomic E-state index is 13.7. The number of methoxy groups -OCH3 is 1. The lowest BCUT2D eigenvalue weighted by Gasteiger charge is -2.45. The molecule has 2 aromatic rings. The van der Waals surface area contributed by atoms with E-state index in [1.807, 2.05) is 0 Å². The smallest absolute Gasteiger partial charge is 0.202 e. The predicted octanol–water partition coefficient (Wildman–Crippen LogP) is 1.42. The van der Waals surface area contributed by atoms with Gasteiger partial charge in [-0.1, -0.05) is 12.1 Å². The van der Waals surface area contributed by atoms with Crippen molar-refractivity contribution in [3.8, 4) is 17.2 Å². The van der Waals surface area contributed by atoms with Gasteiger partial charge in [0.05, 0.1) is 42.1 Å². The first-order valence-electron chi connectivity index (χ1n) is 12.6. The maximum Gasteiger partial charge on any atom is 0.202 e. The minimum absolute atomic E-state index is 0.0164. The number of carbonyl (C=O) groups excluding carboxylic acids is 3. The van der Waals surface area contributed by atoms with Crippen LogP contribution in [0.5, 0.6) is 17.2 Å². The number of carbonyl (C=O) groups is 3. The number of ether oxygens (including phenoxy) is 3. The van der Waals surface area contributed by atoms with E-state index in [-0.39, 0.29) is 40.8 Å². The summed E-state index contributed by atoms with van der Waals surface area (Å²) in [5, 5.41) is 44.5. The van der Waals surface area contributed by atoms with Crippen LogP contribution in [0.4, 0.5) is 0 Å². The Morgan fingerprint density at radius 1 is 1.10 bits per heavy atom. The van der Waals surface area contributed by atoms with E-state index in [1.54, 1.807) is 13.8 Å². The van der Waals surface area contributed by atoms with E-state index in [9.17, 15) is 34.8 Å². The summed E-state index contributed by atoms with van der Waals surface area (Å²) in [6.45, 7) is 4.42. The van der Waals surface area contributed by atoms with Crippen LogP contribution in [0.3, 0.4) is 0 Å². The summed E-state index contributed by atoms with van der Waals surface area (Å²) in [5.74, 6) is -3.19. The number of hydrogen-bond acceptors (Lipinski definition) is 11. The summed E-state index contributed by atoms with van der Waals surface area (Å²) in [7, 11) is 1.34. The number of hydrogen-bond donors (Lipinski definition) is 5. The number of nitrogens with two attached hydrogens (primary N) is 1. The molecule has 208 valence electrons. The number of aliphatic hydroxyl groups is 2. The van der Waals surface area contributed by atoms with Gasteiger partial charge in [0.2, 0.25) is 5.78 Å². The van der Waals surface area contributed by atoms with Gasteiger partial charge in [0.15, 0.2) is 17.9 Å². The van der Waals surface area contributed by atoms with Gasteiger partial charge in [-0.15, -0.1) is 0 Å². The lowest BCUT2D eigenvalue weighted by atomic mass is 9.72. The van der Waals surface area contributed by atoms with Crippen LogP contribution < -0.4 is 10.5 Å². The van der Waals surface area contributed by atoms with Gasteiger partial charge in [0.1, 0.15) is 22.8 Å². The third kappa shape index (κ3) is 4.04. The molecule has 39 heavy (non-hydrogen) atoms. The lowest BCUT2D eigenvalue weighted by molar-refractivity contribution is -0.258. The molecule has 0 bridgehead atoms. The Labute approximate surface area is 224 Å². The SMILES string of the molecule is COc1cccc2c1C(=O)c1c(O)c3c(c(O)c1C2=O)C[C@@](O)(C(C)=O)C[C@@H]3O[C@H]1C[C@](C)(N)[C@H](O)[C@H](C)O1. The molecule has 11 heteroatoms. The van der Waals surface area contributed by atoms with Gasteiger partial charge in [0, 0.05) is 41.5 Å². The molecule has 11 nitrogen and oxygen atoms in total. The van der Waals surface area contributed by atoms with Crippen molar-refractivity contribution >= 4 is 17.3 Å². The van der Waals surface area contributed by atoms with Gasteiger partial charge in [0.25, 0.3) is 0 Å². The summed E-state index contributed by atoms with van der Waals surface area (Å²) in [5.41, 5.74) is 2.09. The fourth-order valence-electron chi connectivity index (χ4n) is 5.94. The second-order valence-corrected chi connectivity index (χ2v) is 10.9. The number of rotatable bonds is 4. The molecule has 0 aromatic heterocycles. The van der Waals surface area contributed by atoms with Crippen molar-refractivity contribution in [2.24, 2.45) is 5.73 Å². The van der Waals surface area contributed by atoms with Gasteiger partial charge in [-0.05, 0) is 26.8 Å². The van der Waals surface area contributed by atoms with Crippen LogP contribution >= 0.6 is 0 Å². The Kier molecular flexibility index (Phi) is 6.36. The van der Waals surface area contributed by atoms with Crippen LogP contribution in [-0.4, -0.2) is 74.5 Å². The predicted molar refractivity (Wildman–Crippen MR) is 135 cm³/mol. The zero-order valence-corrected chi connectivity index (χ0v) is 22.0. The number of phenolic OH excluding ortho intramolecular Hbond substituents is 2. The number of aliphatic hydroxyl groups excluding tert-OH is 1. The highest BCUT2D eigenvalue weighted by Crippen LogP contribution is 2.52. The standard InChI is InChI=1S/C28H31NO10/c1-11-26(35)27(3,29)10-17(38-11)39-16-9-28(36,12(2)30)8-14-19(16)25(34)21-20(23(14)32)22(31)13-6-5-7-15(37-4)18(13)24(21)33/h5-7,11,16-17,26,32,34-36H,8-10,29H2,1-4H3/t11-,16-,17-,26+,27-,28-/m0/s1. The van der Waals surface area contributed by atoms with E-state index in [4.69, 9.17) is 19.9 Å². The first-order valence-corrected chi connectivity index (χ1v) is 12.6. The molecule has 2 aromatic carbocycles. The average Bonchev–Trinajstić information content (AvgIpc) is 2.86. The Morgan fingerprint density at radius 2 is 1.77 bits per heavy atom. The van der Waals surface area contributed by atoms with E-state index in [0.29, 0.717) is 0 Å². The zero-order chi connectivity index (χ0) is 28.6. The highest BCUT2D eigenvalue weighted by Gasteiger charge is 2.50. The van der Waals surface area contributed by atoms with Crippen molar-refractivity contribution in [2.75, 3.05) is 7.11 Å². The van der Waals surface area contributed by atoms with Crippen molar-refractivity contribution in [3.63, 3.8) is 0 Å². The molecule has 0 amide bonds. The summed E-state index contributed by atoms with van der Waals surface area (Å²) in [6, 6.07) is 4.44. The minimum Gasteiger partial charge on any atom is -0.507 e. The molecule has 5 rings (SSSR count). The quantitative estimate of drug-likeness (QED) is 0.301. The molecule has 1 saturated heterocycles. The van der Waals surface area contributed by atoms with Crippen molar-refractivity contribution in [1.29, 1.82) is 0 Å². The van der Waals surface area contributed by atoms with E-state index < -0.39 is 82.1 Å². The molecule has 2 aliphatic carbocycles. The van der Waals surface area contributed by atoms with Gasteiger partial charge in [-0.2, -0.15) is 0 Å². The highest BCUT2D eigenvalue weighted by atomic mass is 16.7. The topological polar surface area (TPSA) is 186 Å². The lowest BCUT2D eigenvalue weighted by Crippen LogP contribution is -2.60. The van der Waals surface area contributed by atoms with Crippen LogP contribution in [0.15, 0.2) is 18.2 Å². The van der Waals surface area contributed by atoms with Crippen molar-refractivity contribution in [2.45, 2.75) is 75.8 Å². The van der Waals surface area contributed by atoms with Crippen LogP contribution in [0.25, 0.3) is 0 Å². The monoisotopic (exact) mass is 541 g/mol. The Morgan fingerprint density at radius 3 is 2.38 bits per heavy atom. The van der Waals surface area contributed by atoms with Crippen molar-refractivity contribution < 1.29 is 49.0 Å². The molecule has 3 aliphatic rings. The van der Waals surface area contributed by atoms with Crippen molar-refractivity contribution in [3.05, 3.63) is 51.6 Å². The second-order valence-electron chi connectivity index (χ2n) is 10.9. The van der Waals surface area contributed by atoms with E-state index in [0.717, 1.165) is 0 Å². The number of phenols is 2. The Hall–Kier alpha value is -3.35. The number of benzene rings is 2. The molecule has 1 heterocycles. The summed E-state index contributed by atoms with van der Waals surface area (Å²) in [6.07, 6.45) is -4.71. The fraction of sp³-hybridized carbons (Fsp3) is 0.464. The molecular weight excluding hydrogens is 510 g/mol. The number of Topliss-reactive ketones (excluding diaryl/α,β-unsaturated/α-hetero) is 1. The summed E-state index contributed by atoms with van der Waals surface area (Å²) >= 11 is 0. The third-order valence-electron chi connectivity index (χ3n) is 8.14. The summed E-state index contributed by atoms with van der Waals surface area (Å²) < 4.78 is 17.2. The molecule has 0 spiro atoms. The molecule has 6 N–H and O–H groups in total. The first-order chi connectivity index (χ1) is 18.2. The van der Waals surface area contributed by atoms with Crippen LogP contribution in [0.1, 0.15) is 82.7 Å². The largest absolute Gasteiger partial charge is 0.507 e. The number of aromatic hydroxyl groups is 2. The maximum absolute atomic E-state index is 13.7. The first kappa shape index (κ1) is 27.2. The molecule has 0 saturated carbocycles. The van der Waals surface area contributed by atoms with Crippen molar-refractivity contribution in [1.82, 2.24) is 0 Å². The normalized spacial score (nSPS) is 31.8. The van der Waals surface area contributed by atoms with E-state index in [1.165, 1.54) is 32.2 Å². The van der Waals surface area contributed by atoms with Gasteiger partial charge in [-0.25, -0.2) is 0 Å². The van der Waals surface area contributed by atoms with Crippen LogP contribution in [0.2, 0.25) is 0 Å². The van der Waals surface area contributed by atoms with E-state index >= 15 is 0 Å². The van der Waals surface area contributed by atoms with Gasteiger partial charge < -0.3 is 40.4 Å². The second kappa shape index (κ2) is 9.10. The zero-order valence-electron chi connectivity index (χ0n) is 22.0. The highest BCUT2D eigenvalue weighted by molar-refractivity contribution is 6.31. The number of fused-ring (bicyclic) bond motifs is 3. The fourth-order valence-corrected chi connectivity index (χ4v) is 5.94. The third-order valence-corrected chi connectivity index (χ3v) is 8.14. The van der Waals surface area contributed by atoms with Crippen LogP contribution in [0, 0.1) is 0 Å². The molecule has 0 radical (unpaired) electrons. The number of ketones is 3.